The summed E-state index contributed by atoms with van der Waals surface area (Å²) in [6, 6.07) is 10.1. The largest absolute Gasteiger partial charge is 0.573 e. The van der Waals surface area contributed by atoms with Crippen LogP contribution in [0.3, 0.4) is 0 Å². The fourth-order valence-corrected chi connectivity index (χ4v) is 4.59. The molecule has 1 saturated heterocycles. The molecule has 0 saturated carbocycles. The summed E-state index contributed by atoms with van der Waals surface area (Å²) in [4.78, 5) is 17.2. The molecule has 180 valence electrons. The van der Waals surface area contributed by atoms with Gasteiger partial charge < -0.3 is 14.8 Å². The Morgan fingerprint density at radius 1 is 1.00 bits per heavy atom. The van der Waals surface area contributed by atoms with E-state index in [-0.39, 0.29) is 18.0 Å². The zero-order chi connectivity index (χ0) is 24.1. The first-order chi connectivity index (χ1) is 15.6. The number of carbonyl (C=O) groups is 1. The molecular formula is C20H22F3N3O6S. The Morgan fingerprint density at radius 3 is 2.12 bits per heavy atom. The number of ether oxygens (including phenoxy) is 2. The Bertz CT molecular complexity index is 1040. The minimum Gasteiger partial charge on any atom is -0.497 e. The monoisotopic (exact) mass is 489 g/mol. The standard InChI is InChI=1S/C20H22F3N3O6S/c1-30-15-4-2-14(3-5-15)24-19(27)25-32-17-10-12-26(13-11-17)33(28,29)18-8-6-16(7-9-18)31-20(21,22)23/h2-9,17H,10-13H2,1H3,(H2,24,25,27). The molecule has 0 unspecified atom stereocenters. The summed E-state index contributed by atoms with van der Waals surface area (Å²) in [5, 5.41) is 2.59. The second-order valence-corrected chi connectivity index (χ2v) is 8.96. The number of hydrogen-bond donors (Lipinski definition) is 2. The van der Waals surface area contributed by atoms with Gasteiger partial charge in [-0.2, -0.15) is 4.31 Å². The lowest BCUT2D eigenvalue weighted by Gasteiger charge is -2.30. The molecule has 3 rings (SSSR count). The van der Waals surface area contributed by atoms with Crippen LogP contribution in [0.15, 0.2) is 53.4 Å². The molecule has 0 atom stereocenters. The van der Waals surface area contributed by atoms with E-state index in [0.717, 1.165) is 24.3 Å². The van der Waals surface area contributed by atoms with E-state index in [1.807, 2.05) is 0 Å². The van der Waals surface area contributed by atoms with Crippen molar-refractivity contribution in [2.45, 2.75) is 30.2 Å². The fraction of sp³-hybridized carbons (Fsp3) is 0.350. The van der Waals surface area contributed by atoms with Gasteiger partial charge in [0, 0.05) is 18.8 Å². The molecular weight excluding hydrogens is 467 g/mol. The molecule has 1 heterocycles. The third kappa shape index (κ3) is 6.97. The summed E-state index contributed by atoms with van der Waals surface area (Å²) in [5.74, 6) is 0.136. The lowest BCUT2D eigenvalue weighted by atomic mass is 10.1. The molecule has 2 amide bonds. The number of benzene rings is 2. The van der Waals surface area contributed by atoms with E-state index in [9.17, 15) is 26.4 Å². The lowest BCUT2D eigenvalue weighted by Crippen LogP contribution is -2.43. The van der Waals surface area contributed by atoms with E-state index in [1.54, 1.807) is 24.3 Å². The van der Waals surface area contributed by atoms with Crippen molar-refractivity contribution in [3.8, 4) is 11.5 Å². The van der Waals surface area contributed by atoms with Gasteiger partial charge in [0.25, 0.3) is 0 Å². The molecule has 9 nitrogen and oxygen atoms in total. The molecule has 0 radical (unpaired) electrons. The Balaban J connectivity index is 1.47. The van der Waals surface area contributed by atoms with Crippen molar-refractivity contribution >= 4 is 21.7 Å². The number of alkyl halides is 3. The molecule has 0 aromatic heterocycles. The average molecular weight is 489 g/mol. The van der Waals surface area contributed by atoms with Crippen LogP contribution in [0.2, 0.25) is 0 Å². The van der Waals surface area contributed by atoms with Gasteiger partial charge in [-0.15, -0.1) is 13.2 Å². The highest BCUT2D eigenvalue weighted by Gasteiger charge is 2.32. The number of nitrogens with zero attached hydrogens (tertiary/aromatic N) is 1. The van der Waals surface area contributed by atoms with Gasteiger partial charge in [0.15, 0.2) is 0 Å². The van der Waals surface area contributed by atoms with Crippen molar-refractivity contribution < 1.29 is 40.7 Å². The minimum atomic E-state index is -4.86. The Labute approximate surface area is 188 Å². The van der Waals surface area contributed by atoms with Crippen molar-refractivity contribution in [1.82, 2.24) is 9.79 Å². The maximum Gasteiger partial charge on any atom is 0.573 e. The molecule has 2 aromatic carbocycles. The lowest BCUT2D eigenvalue weighted by molar-refractivity contribution is -0.274. The molecule has 2 aromatic rings. The van der Waals surface area contributed by atoms with E-state index in [2.05, 4.69) is 15.5 Å². The highest BCUT2D eigenvalue weighted by molar-refractivity contribution is 7.89. The number of carbonyl (C=O) groups excluding carboxylic acids is 1. The summed E-state index contributed by atoms with van der Waals surface area (Å²) >= 11 is 0. The summed E-state index contributed by atoms with van der Waals surface area (Å²) in [6.07, 6.45) is -4.63. The summed E-state index contributed by atoms with van der Waals surface area (Å²) in [5.41, 5.74) is 2.82. The van der Waals surface area contributed by atoms with Gasteiger partial charge >= 0.3 is 12.4 Å². The Morgan fingerprint density at radius 2 is 1.58 bits per heavy atom. The van der Waals surface area contributed by atoms with E-state index >= 15 is 0 Å². The first-order valence-corrected chi connectivity index (χ1v) is 11.2. The van der Waals surface area contributed by atoms with Crippen molar-refractivity contribution in [3.63, 3.8) is 0 Å². The zero-order valence-corrected chi connectivity index (χ0v) is 18.3. The predicted octanol–water partition coefficient (Wildman–Crippen LogP) is 3.50. The molecule has 0 spiro atoms. The van der Waals surface area contributed by atoms with Gasteiger partial charge in [-0.1, -0.05) is 0 Å². The molecule has 1 aliphatic heterocycles. The molecule has 13 heteroatoms. The van der Waals surface area contributed by atoms with Crippen LogP contribution >= 0.6 is 0 Å². The van der Waals surface area contributed by atoms with E-state index in [0.29, 0.717) is 24.3 Å². The first kappa shape index (κ1) is 24.6. The van der Waals surface area contributed by atoms with Crippen molar-refractivity contribution in [1.29, 1.82) is 0 Å². The van der Waals surface area contributed by atoms with Gasteiger partial charge in [-0.3, -0.25) is 4.84 Å². The van der Waals surface area contributed by atoms with Crippen LogP contribution in [0, 0.1) is 0 Å². The van der Waals surface area contributed by atoms with E-state index in [4.69, 9.17) is 9.57 Å². The fourth-order valence-electron chi connectivity index (χ4n) is 3.12. The Hall–Kier alpha value is -3.03. The maximum absolute atomic E-state index is 12.7. The number of piperidine rings is 1. The summed E-state index contributed by atoms with van der Waals surface area (Å²) < 4.78 is 72.3. The zero-order valence-electron chi connectivity index (χ0n) is 17.5. The van der Waals surface area contributed by atoms with Crippen molar-refractivity contribution in [2.24, 2.45) is 0 Å². The number of halogens is 3. The maximum atomic E-state index is 12.7. The van der Waals surface area contributed by atoms with Gasteiger partial charge in [0.1, 0.15) is 11.5 Å². The molecule has 1 aliphatic rings. The number of hydroxylamine groups is 1. The normalized spacial score (nSPS) is 15.6. The third-order valence-electron chi connectivity index (χ3n) is 4.76. The second-order valence-electron chi connectivity index (χ2n) is 7.03. The molecule has 2 N–H and O–H groups in total. The van der Waals surface area contributed by atoms with Gasteiger partial charge in [0.05, 0.1) is 18.1 Å². The predicted molar refractivity (Wildman–Crippen MR) is 111 cm³/mol. The van der Waals surface area contributed by atoms with Gasteiger partial charge in [-0.25, -0.2) is 18.7 Å². The van der Waals surface area contributed by atoms with Crippen LogP contribution < -0.4 is 20.3 Å². The number of methoxy groups -OCH3 is 1. The first-order valence-electron chi connectivity index (χ1n) is 9.79. The molecule has 0 aliphatic carbocycles. The highest BCUT2D eigenvalue weighted by Crippen LogP contribution is 2.26. The number of sulfonamides is 1. The number of urea groups is 1. The number of hydrogen-bond acceptors (Lipinski definition) is 6. The van der Waals surface area contributed by atoms with E-state index in [1.165, 1.54) is 11.4 Å². The van der Waals surface area contributed by atoms with Crippen molar-refractivity contribution in [2.75, 3.05) is 25.5 Å². The van der Waals surface area contributed by atoms with Gasteiger partial charge in [-0.05, 0) is 61.4 Å². The van der Waals surface area contributed by atoms with Crippen molar-refractivity contribution in [3.05, 3.63) is 48.5 Å². The summed E-state index contributed by atoms with van der Waals surface area (Å²) in [6.45, 7) is 0.241. The van der Waals surface area contributed by atoms with Gasteiger partial charge in [0.2, 0.25) is 10.0 Å². The average Bonchev–Trinajstić information content (AvgIpc) is 2.78. The van der Waals surface area contributed by atoms with Crippen LogP contribution in [-0.4, -0.2) is 51.4 Å². The number of nitrogens with one attached hydrogen (secondary N) is 2. The molecule has 33 heavy (non-hydrogen) atoms. The van der Waals surface area contributed by atoms with Crippen LogP contribution in [0.1, 0.15) is 12.8 Å². The van der Waals surface area contributed by atoms with Crippen LogP contribution in [0.5, 0.6) is 11.5 Å². The van der Waals surface area contributed by atoms with E-state index < -0.39 is 34.3 Å². The highest BCUT2D eigenvalue weighted by atomic mass is 32.2. The SMILES string of the molecule is COc1ccc(NC(=O)NOC2CCN(S(=O)(=O)c3ccc(OC(F)(F)F)cc3)CC2)cc1. The molecule has 0 bridgehead atoms. The van der Waals surface area contributed by atoms with Crippen LogP contribution in [0.25, 0.3) is 0 Å². The number of amides is 2. The quantitative estimate of drug-likeness (QED) is 0.577. The second kappa shape index (κ2) is 10.3. The van der Waals surface area contributed by atoms with Crippen LogP contribution in [-0.2, 0) is 14.9 Å². The molecule has 1 fully saturated rings. The summed E-state index contributed by atoms with van der Waals surface area (Å²) in [7, 11) is -2.36. The third-order valence-corrected chi connectivity index (χ3v) is 6.68. The minimum absolute atomic E-state index is 0.121. The van der Waals surface area contributed by atoms with Crippen LogP contribution in [0.4, 0.5) is 23.7 Å². The Kier molecular flexibility index (Phi) is 7.66. The number of rotatable bonds is 7. The number of anilines is 1. The smallest absolute Gasteiger partial charge is 0.497 e. The topological polar surface area (TPSA) is 106 Å².